The number of hydrogen-bond acceptors (Lipinski definition) is 0. The topological polar surface area (TPSA) is 0 Å². The minimum Gasteiger partial charge on any atom is -0.0619 e. The zero-order valence-corrected chi connectivity index (χ0v) is 9.73. The molecule has 0 aliphatic heterocycles. The van der Waals surface area contributed by atoms with E-state index in [1.807, 2.05) is 0 Å². The second-order valence-corrected chi connectivity index (χ2v) is 6.27. The van der Waals surface area contributed by atoms with Gasteiger partial charge in [0.2, 0.25) is 0 Å². The summed E-state index contributed by atoms with van der Waals surface area (Å²) < 4.78 is 0. The predicted octanol–water partition coefficient (Wildman–Crippen LogP) is 4.03. The third kappa shape index (κ3) is 1.28. The fraction of sp³-hybridized carbons (Fsp3) is 0.625. The largest absolute Gasteiger partial charge is 0.0619 e. The van der Waals surface area contributed by atoms with E-state index < -0.39 is 0 Å². The van der Waals surface area contributed by atoms with E-state index in [0.717, 1.165) is 29.6 Å². The Bertz CT molecular complexity index is 350. The van der Waals surface area contributed by atoms with Crippen molar-refractivity contribution in [3.05, 3.63) is 35.9 Å². The van der Waals surface area contributed by atoms with Crippen LogP contribution in [0.25, 0.3) is 0 Å². The normalized spacial score (nSPS) is 44.9. The first-order valence-corrected chi connectivity index (χ1v) is 6.87. The molecule has 16 heavy (non-hydrogen) atoms. The highest BCUT2D eigenvalue weighted by molar-refractivity contribution is 5.23. The van der Waals surface area contributed by atoms with Gasteiger partial charge in [0.05, 0.1) is 0 Å². The molecule has 0 unspecified atom stereocenters. The van der Waals surface area contributed by atoms with Crippen molar-refractivity contribution in [2.45, 2.75) is 38.0 Å². The van der Waals surface area contributed by atoms with Crippen LogP contribution in [0.2, 0.25) is 0 Å². The Kier molecular flexibility index (Phi) is 1.94. The van der Waals surface area contributed by atoms with Crippen LogP contribution in [0.4, 0.5) is 0 Å². The van der Waals surface area contributed by atoms with Gasteiger partial charge in [-0.1, -0.05) is 24.3 Å². The van der Waals surface area contributed by atoms with Crippen LogP contribution in [0.1, 0.15) is 43.6 Å². The van der Waals surface area contributed by atoms with Gasteiger partial charge >= 0.3 is 0 Å². The number of rotatable bonds is 1. The van der Waals surface area contributed by atoms with Crippen molar-refractivity contribution in [2.75, 3.05) is 0 Å². The van der Waals surface area contributed by atoms with Gasteiger partial charge < -0.3 is 0 Å². The highest BCUT2D eigenvalue weighted by Crippen LogP contribution is 2.59. The molecule has 4 fully saturated rings. The Hall–Kier alpha value is -0.780. The summed E-state index contributed by atoms with van der Waals surface area (Å²) in [6, 6.07) is 12.2. The van der Waals surface area contributed by atoms with E-state index >= 15 is 0 Å². The SMILES string of the molecule is [c]1ccccc1C1C2CC3CC(C2)CC1C3. The summed E-state index contributed by atoms with van der Waals surface area (Å²) in [5.41, 5.74) is 1.51. The lowest BCUT2D eigenvalue weighted by Crippen LogP contribution is -2.43. The molecule has 0 amide bonds. The number of hydrogen-bond donors (Lipinski definition) is 0. The molecule has 0 nitrogen and oxygen atoms in total. The van der Waals surface area contributed by atoms with Crippen LogP contribution < -0.4 is 0 Å². The van der Waals surface area contributed by atoms with Gasteiger partial charge in [0, 0.05) is 0 Å². The van der Waals surface area contributed by atoms with Crippen molar-refractivity contribution < 1.29 is 0 Å². The van der Waals surface area contributed by atoms with Gasteiger partial charge in [-0.3, -0.25) is 0 Å². The van der Waals surface area contributed by atoms with Crippen molar-refractivity contribution in [3.63, 3.8) is 0 Å². The van der Waals surface area contributed by atoms with Gasteiger partial charge in [-0.2, -0.15) is 0 Å². The Labute approximate surface area is 98.1 Å². The zero-order valence-electron chi connectivity index (χ0n) is 9.73. The first-order valence-electron chi connectivity index (χ1n) is 6.87. The second-order valence-electron chi connectivity index (χ2n) is 6.27. The molecular formula is C16H19. The first-order chi connectivity index (χ1) is 7.90. The highest BCUT2D eigenvalue weighted by atomic mass is 14.5. The molecule has 0 heteroatoms. The van der Waals surface area contributed by atoms with Crippen molar-refractivity contribution >= 4 is 0 Å². The van der Waals surface area contributed by atoms with E-state index in [1.165, 1.54) is 31.2 Å². The summed E-state index contributed by atoms with van der Waals surface area (Å²) in [6.07, 6.45) is 7.61. The lowest BCUT2D eigenvalue weighted by Gasteiger charge is -2.54. The first kappa shape index (κ1) is 9.27. The predicted molar refractivity (Wildman–Crippen MR) is 65.1 cm³/mol. The molecule has 0 spiro atoms. The Morgan fingerprint density at radius 3 is 2.12 bits per heavy atom. The summed E-state index contributed by atoms with van der Waals surface area (Å²) in [6.45, 7) is 0. The molecule has 4 aliphatic carbocycles. The minimum atomic E-state index is 0.856. The summed E-state index contributed by atoms with van der Waals surface area (Å²) in [5, 5.41) is 0. The molecule has 0 N–H and O–H groups in total. The molecule has 83 valence electrons. The zero-order chi connectivity index (χ0) is 10.5. The molecule has 0 atom stereocenters. The molecule has 1 aromatic rings. The van der Waals surface area contributed by atoms with Crippen LogP contribution in [-0.4, -0.2) is 0 Å². The van der Waals surface area contributed by atoms with Crippen LogP contribution in [-0.2, 0) is 0 Å². The van der Waals surface area contributed by atoms with Crippen LogP contribution >= 0.6 is 0 Å². The van der Waals surface area contributed by atoms with E-state index in [9.17, 15) is 0 Å². The van der Waals surface area contributed by atoms with E-state index in [4.69, 9.17) is 0 Å². The summed E-state index contributed by atoms with van der Waals surface area (Å²) in [5.74, 6) is 5.02. The maximum atomic E-state index is 3.50. The third-order valence-corrected chi connectivity index (χ3v) is 5.32. The van der Waals surface area contributed by atoms with Crippen LogP contribution in [0, 0.1) is 29.7 Å². The van der Waals surface area contributed by atoms with E-state index in [-0.39, 0.29) is 0 Å². The maximum absolute atomic E-state index is 3.50. The molecule has 4 saturated carbocycles. The molecule has 1 radical (unpaired) electrons. The fourth-order valence-electron chi connectivity index (χ4n) is 5.05. The van der Waals surface area contributed by atoms with Crippen LogP contribution in [0.15, 0.2) is 24.3 Å². The lowest BCUT2D eigenvalue weighted by atomic mass is 9.51. The second kappa shape index (κ2) is 3.35. The van der Waals surface area contributed by atoms with Gasteiger partial charge in [0.25, 0.3) is 0 Å². The van der Waals surface area contributed by atoms with E-state index in [1.54, 1.807) is 6.42 Å². The van der Waals surface area contributed by atoms with Gasteiger partial charge in [-0.15, -0.1) is 0 Å². The van der Waals surface area contributed by atoms with Gasteiger partial charge in [-0.05, 0) is 73.3 Å². The van der Waals surface area contributed by atoms with Crippen LogP contribution in [0.5, 0.6) is 0 Å². The summed E-state index contributed by atoms with van der Waals surface area (Å²) in [7, 11) is 0. The molecule has 4 bridgehead atoms. The van der Waals surface area contributed by atoms with E-state index in [2.05, 4.69) is 30.3 Å². The Balaban J connectivity index is 1.70. The molecule has 0 saturated heterocycles. The Morgan fingerprint density at radius 1 is 0.875 bits per heavy atom. The molecular weight excluding hydrogens is 192 g/mol. The van der Waals surface area contributed by atoms with Gasteiger partial charge in [-0.25, -0.2) is 0 Å². The molecule has 4 aliphatic rings. The highest BCUT2D eigenvalue weighted by Gasteiger charge is 2.48. The van der Waals surface area contributed by atoms with Crippen molar-refractivity contribution in [2.24, 2.45) is 23.7 Å². The average molecular weight is 211 g/mol. The van der Waals surface area contributed by atoms with Crippen LogP contribution in [0.3, 0.4) is 0 Å². The Morgan fingerprint density at radius 2 is 1.56 bits per heavy atom. The number of benzene rings is 1. The third-order valence-electron chi connectivity index (χ3n) is 5.32. The summed E-state index contributed by atoms with van der Waals surface area (Å²) >= 11 is 0. The summed E-state index contributed by atoms with van der Waals surface area (Å²) in [4.78, 5) is 0. The van der Waals surface area contributed by atoms with E-state index in [0.29, 0.717) is 0 Å². The standard InChI is InChI=1S/C16H19/c1-2-4-13(5-3-1)16-14-7-11-6-12(9-14)10-15(16)8-11/h1-4,11-12,14-16H,6-10H2. The van der Waals surface area contributed by atoms with Gasteiger partial charge in [0.15, 0.2) is 0 Å². The fourth-order valence-corrected chi connectivity index (χ4v) is 5.05. The van der Waals surface area contributed by atoms with Gasteiger partial charge in [0.1, 0.15) is 0 Å². The average Bonchev–Trinajstić information content (AvgIpc) is 2.29. The van der Waals surface area contributed by atoms with Crippen molar-refractivity contribution in [1.82, 2.24) is 0 Å². The molecule has 0 heterocycles. The maximum Gasteiger partial charge on any atom is -0.00987 e. The minimum absolute atomic E-state index is 0.856. The van der Waals surface area contributed by atoms with Crippen molar-refractivity contribution in [3.8, 4) is 0 Å². The lowest BCUT2D eigenvalue weighted by molar-refractivity contribution is -0.00285. The smallest absolute Gasteiger partial charge is 0.00987 e. The molecule has 0 aromatic heterocycles. The molecule has 1 aromatic carbocycles. The monoisotopic (exact) mass is 211 g/mol. The quantitative estimate of drug-likeness (QED) is 0.658. The van der Waals surface area contributed by atoms with Crippen molar-refractivity contribution in [1.29, 1.82) is 0 Å². The molecule has 5 rings (SSSR count).